The molecule has 0 aromatic heterocycles. The number of anilines is 1. The Morgan fingerprint density at radius 2 is 1.95 bits per heavy atom. The first kappa shape index (κ1) is 16.3. The summed E-state index contributed by atoms with van der Waals surface area (Å²) < 4.78 is 38.9. The first-order chi connectivity index (χ1) is 8.79. The van der Waals surface area contributed by atoms with E-state index in [9.17, 15) is 13.2 Å². The third kappa shape index (κ3) is 4.41. The van der Waals surface area contributed by atoms with Crippen LogP contribution in [0, 0.1) is 5.92 Å². The Labute approximate surface area is 120 Å². The molecule has 0 heterocycles. The second kappa shape index (κ2) is 6.64. The Kier molecular flexibility index (Phi) is 5.71. The van der Waals surface area contributed by atoms with E-state index in [0.717, 1.165) is 13.0 Å². The highest BCUT2D eigenvalue weighted by atomic mass is 79.9. The Bertz CT molecular complexity index is 418. The van der Waals surface area contributed by atoms with E-state index in [1.807, 2.05) is 11.9 Å². The molecule has 1 aromatic carbocycles. The molecular formula is C14H19BrF3N. The number of benzene rings is 1. The van der Waals surface area contributed by atoms with Crippen LogP contribution in [0.3, 0.4) is 0 Å². The van der Waals surface area contributed by atoms with Crippen LogP contribution in [0.15, 0.2) is 18.2 Å². The van der Waals surface area contributed by atoms with E-state index in [0.29, 0.717) is 11.6 Å². The number of halogens is 4. The van der Waals surface area contributed by atoms with Gasteiger partial charge in [0.2, 0.25) is 0 Å². The average molecular weight is 338 g/mol. The minimum absolute atomic E-state index is 0.206. The lowest BCUT2D eigenvalue weighted by atomic mass is 10.1. The molecule has 108 valence electrons. The molecule has 0 fully saturated rings. The van der Waals surface area contributed by atoms with Crippen molar-refractivity contribution in [3.63, 3.8) is 0 Å². The van der Waals surface area contributed by atoms with E-state index >= 15 is 0 Å². The van der Waals surface area contributed by atoms with Crippen molar-refractivity contribution in [1.29, 1.82) is 0 Å². The van der Waals surface area contributed by atoms with Crippen molar-refractivity contribution >= 4 is 21.6 Å². The molecule has 19 heavy (non-hydrogen) atoms. The van der Waals surface area contributed by atoms with Crippen LogP contribution in [-0.2, 0) is 11.5 Å². The summed E-state index contributed by atoms with van der Waals surface area (Å²) in [4.78, 5) is 1.88. The predicted molar refractivity (Wildman–Crippen MR) is 76.8 cm³/mol. The summed E-state index contributed by atoms with van der Waals surface area (Å²) in [6.07, 6.45) is -3.30. The van der Waals surface area contributed by atoms with Gasteiger partial charge in [-0.1, -0.05) is 42.3 Å². The lowest BCUT2D eigenvalue weighted by molar-refractivity contribution is -0.138. The van der Waals surface area contributed by atoms with Gasteiger partial charge in [-0.3, -0.25) is 0 Å². The molecule has 1 unspecified atom stereocenters. The largest absolute Gasteiger partial charge is 0.416 e. The molecular weight excluding hydrogens is 319 g/mol. The molecule has 1 nitrogen and oxygen atoms in total. The van der Waals surface area contributed by atoms with E-state index < -0.39 is 11.7 Å². The molecule has 0 amide bonds. The van der Waals surface area contributed by atoms with E-state index in [2.05, 4.69) is 29.8 Å². The first-order valence-electron chi connectivity index (χ1n) is 6.26. The second-order valence-electron chi connectivity index (χ2n) is 4.87. The van der Waals surface area contributed by atoms with E-state index in [1.54, 1.807) is 12.1 Å². The van der Waals surface area contributed by atoms with E-state index in [4.69, 9.17) is 0 Å². The maximum atomic E-state index is 13.0. The highest BCUT2D eigenvalue weighted by molar-refractivity contribution is 9.08. The van der Waals surface area contributed by atoms with Gasteiger partial charge in [-0.2, -0.15) is 13.2 Å². The molecule has 0 aliphatic heterocycles. The third-order valence-corrected chi connectivity index (χ3v) is 3.87. The van der Waals surface area contributed by atoms with Gasteiger partial charge in [0, 0.05) is 24.6 Å². The van der Waals surface area contributed by atoms with Gasteiger partial charge in [0.05, 0.1) is 5.56 Å². The monoisotopic (exact) mass is 337 g/mol. The standard InChI is InChI=1S/C14H19BrF3N/c1-4-10(2)9-19(3)12-6-5-11(8-15)13(7-12)14(16,17)18/h5-7,10H,4,8-9H2,1-3H3. The average Bonchev–Trinajstić information content (AvgIpc) is 2.36. The minimum atomic E-state index is -4.31. The van der Waals surface area contributed by atoms with Crippen molar-refractivity contribution in [2.45, 2.75) is 31.8 Å². The Hall–Kier alpha value is -0.710. The number of hydrogen-bond donors (Lipinski definition) is 0. The van der Waals surface area contributed by atoms with Gasteiger partial charge in [0.15, 0.2) is 0 Å². The molecule has 0 saturated carbocycles. The van der Waals surface area contributed by atoms with Crippen LogP contribution in [0.1, 0.15) is 31.4 Å². The summed E-state index contributed by atoms with van der Waals surface area (Å²) in [6, 6.07) is 4.52. The fourth-order valence-corrected chi connectivity index (χ4v) is 2.37. The van der Waals surface area contributed by atoms with Gasteiger partial charge in [0.25, 0.3) is 0 Å². The van der Waals surface area contributed by atoms with Crippen LogP contribution in [-0.4, -0.2) is 13.6 Å². The molecule has 0 bridgehead atoms. The van der Waals surface area contributed by atoms with Crippen molar-refractivity contribution in [2.75, 3.05) is 18.5 Å². The molecule has 1 rings (SSSR count). The van der Waals surface area contributed by atoms with Gasteiger partial charge in [-0.05, 0) is 23.6 Å². The predicted octanol–water partition coefficient (Wildman–Crippen LogP) is 5.08. The molecule has 1 aromatic rings. The van der Waals surface area contributed by atoms with Crippen molar-refractivity contribution in [2.24, 2.45) is 5.92 Å². The Morgan fingerprint density at radius 1 is 1.32 bits per heavy atom. The molecule has 0 aliphatic carbocycles. The van der Waals surface area contributed by atoms with Crippen LogP contribution in [0.2, 0.25) is 0 Å². The topological polar surface area (TPSA) is 3.24 Å². The number of hydrogen-bond acceptors (Lipinski definition) is 1. The molecule has 0 radical (unpaired) electrons. The maximum absolute atomic E-state index is 13.0. The van der Waals surface area contributed by atoms with Gasteiger partial charge >= 0.3 is 6.18 Å². The summed E-state index contributed by atoms with van der Waals surface area (Å²) in [7, 11) is 1.83. The van der Waals surface area contributed by atoms with Crippen LogP contribution in [0.4, 0.5) is 18.9 Å². The summed E-state index contributed by atoms with van der Waals surface area (Å²) in [5, 5.41) is 0.206. The van der Waals surface area contributed by atoms with Crippen LogP contribution in [0.5, 0.6) is 0 Å². The van der Waals surface area contributed by atoms with Crippen molar-refractivity contribution in [3.05, 3.63) is 29.3 Å². The van der Waals surface area contributed by atoms with Crippen molar-refractivity contribution < 1.29 is 13.2 Å². The molecule has 5 heteroatoms. The fraction of sp³-hybridized carbons (Fsp3) is 0.571. The highest BCUT2D eigenvalue weighted by Crippen LogP contribution is 2.35. The van der Waals surface area contributed by atoms with Crippen LogP contribution >= 0.6 is 15.9 Å². The van der Waals surface area contributed by atoms with Gasteiger partial charge in [0.1, 0.15) is 0 Å². The lowest BCUT2D eigenvalue weighted by Crippen LogP contribution is -2.24. The third-order valence-electron chi connectivity index (χ3n) is 3.27. The van der Waals surface area contributed by atoms with E-state index in [-0.39, 0.29) is 10.9 Å². The quantitative estimate of drug-likeness (QED) is 0.677. The number of alkyl halides is 4. The maximum Gasteiger partial charge on any atom is 0.416 e. The van der Waals surface area contributed by atoms with Crippen molar-refractivity contribution in [1.82, 2.24) is 0 Å². The summed E-state index contributed by atoms with van der Waals surface area (Å²) in [6.45, 7) is 4.92. The molecule has 1 atom stereocenters. The summed E-state index contributed by atoms with van der Waals surface area (Å²) in [5.74, 6) is 0.454. The molecule has 0 saturated heterocycles. The van der Waals surface area contributed by atoms with Gasteiger partial charge in [-0.25, -0.2) is 0 Å². The van der Waals surface area contributed by atoms with Crippen LogP contribution in [0.25, 0.3) is 0 Å². The number of nitrogens with zero attached hydrogens (tertiary/aromatic N) is 1. The first-order valence-corrected chi connectivity index (χ1v) is 7.39. The van der Waals surface area contributed by atoms with Crippen LogP contribution < -0.4 is 4.90 Å². The zero-order chi connectivity index (χ0) is 14.6. The normalized spacial score (nSPS) is 13.4. The summed E-state index contributed by atoms with van der Waals surface area (Å²) >= 11 is 3.10. The highest BCUT2D eigenvalue weighted by Gasteiger charge is 2.33. The lowest BCUT2D eigenvalue weighted by Gasteiger charge is -2.24. The Balaban J connectivity index is 3.04. The molecule has 0 N–H and O–H groups in total. The number of rotatable bonds is 5. The molecule has 0 aliphatic rings. The smallest absolute Gasteiger partial charge is 0.374 e. The van der Waals surface area contributed by atoms with Gasteiger partial charge < -0.3 is 4.90 Å². The summed E-state index contributed by atoms with van der Waals surface area (Å²) in [5.41, 5.74) is 0.323. The SMILES string of the molecule is CCC(C)CN(C)c1ccc(CBr)c(C(F)(F)F)c1. The van der Waals surface area contributed by atoms with Gasteiger partial charge in [-0.15, -0.1) is 0 Å². The van der Waals surface area contributed by atoms with E-state index in [1.165, 1.54) is 6.07 Å². The fourth-order valence-electron chi connectivity index (χ4n) is 1.88. The molecule has 0 spiro atoms. The Morgan fingerprint density at radius 3 is 2.42 bits per heavy atom. The second-order valence-corrected chi connectivity index (χ2v) is 5.43. The minimum Gasteiger partial charge on any atom is -0.374 e. The zero-order valence-electron chi connectivity index (χ0n) is 11.4. The van der Waals surface area contributed by atoms with Crippen molar-refractivity contribution in [3.8, 4) is 0 Å². The zero-order valence-corrected chi connectivity index (χ0v) is 13.0.